The first kappa shape index (κ1) is 14.8. The maximum atomic E-state index is 5.88. The van der Waals surface area contributed by atoms with Gasteiger partial charge in [-0.15, -0.1) is 0 Å². The summed E-state index contributed by atoms with van der Waals surface area (Å²) in [7, 11) is 0. The lowest BCUT2D eigenvalue weighted by molar-refractivity contribution is 0.201. The topological polar surface area (TPSA) is 35.0 Å². The van der Waals surface area contributed by atoms with Gasteiger partial charge >= 0.3 is 0 Å². The third kappa shape index (κ3) is 4.44. The van der Waals surface area contributed by atoms with Crippen molar-refractivity contribution >= 4 is 15.9 Å². The number of hydrogen-bond acceptors (Lipinski definition) is 3. The van der Waals surface area contributed by atoms with Crippen molar-refractivity contribution in [3.8, 4) is 5.88 Å². The molecule has 1 aromatic rings. The fourth-order valence-electron chi connectivity index (χ4n) is 2.36. The minimum Gasteiger partial charge on any atom is -0.477 e. The van der Waals surface area contributed by atoms with Crippen LogP contribution < -0.4 is 4.74 Å². The predicted molar refractivity (Wildman–Crippen MR) is 80.5 cm³/mol. The first-order valence-electron chi connectivity index (χ1n) is 7.13. The van der Waals surface area contributed by atoms with E-state index in [1.165, 1.54) is 32.1 Å². The highest BCUT2D eigenvalue weighted by Crippen LogP contribution is 2.26. The number of halogens is 1. The van der Waals surface area contributed by atoms with Crippen molar-refractivity contribution in [3.05, 3.63) is 16.5 Å². The second kappa shape index (κ2) is 6.21. The van der Waals surface area contributed by atoms with E-state index in [1.807, 2.05) is 6.07 Å². The molecule has 0 saturated heterocycles. The number of aromatic nitrogens is 2. The van der Waals surface area contributed by atoms with Crippen LogP contribution >= 0.6 is 15.9 Å². The Morgan fingerprint density at radius 2 is 1.89 bits per heavy atom. The van der Waals surface area contributed by atoms with Crippen molar-refractivity contribution in [1.29, 1.82) is 0 Å². The zero-order chi connectivity index (χ0) is 13.9. The summed E-state index contributed by atoms with van der Waals surface area (Å²) in [6.07, 6.45) is 6.64. The van der Waals surface area contributed by atoms with Gasteiger partial charge in [-0.3, -0.25) is 0 Å². The van der Waals surface area contributed by atoms with Gasteiger partial charge < -0.3 is 4.74 Å². The molecular formula is C15H23BrN2O. The molecule has 0 N–H and O–H groups in total. The average molecular weight is 327 g/mol. The Morgan fingerprint density at radius 1 is 1.21 bits per heavy atom. The van der Waals surface area contributed by atoms with E-state index in [0.717, 1.165) is 17.0 Å². The van der Waals surface area contributed by atoms with Crippen LogP contribution in [0.3, 0.4) is 0 Å². The van der Waals surface area contributed by atoms with Crippen LogP contribution in [-0.4, -0.2) is 16.6 Å². The maximum absolute atomic E-state index is 5.88. The third-order valence-electron chi connectivity index (χ3n) is 3.53. The van der Waals surface area contributed by atoms with Crippen LogP contribution in [0, 0.1) is 5.92 Å². The molecule has 0 amide bonds. The first-order chi connectivity index (χ1) is 8.95. The molecule has 0 atom stereocenters. The molecule has 1 aliphatic rings. The standard InChI is InChI=1S/C15H23BrN2O/c1-15(2,3)14-17-12(16)9-13(18-14)19-10-11-7-5-4-6-8-11/h9,11H,4-8,10H2,1-3H3. The van der Waals surface area contributed by atoms with E-state index in [4.69, 9.17) is 4.74 Å². The van der Waals surface area contributed by atoms with E-state index in [0.29, 0.717) is 11.8 Å². The monoisotopic (exact) mass is 326 g/mol. The van der Waals surface area contributed by atoms with E-state index >= 15 is 0 Å². The summed E-state index contributed by atoms with van der Waals surface area (Å²) in [6, 6.07) is 1.86. The SMILES string of the molecule is CC(C)(C)c1nc(Br)cc(OCC2CCCCC2)n1. The molecule has 3 nitrogen and oxygen atoms in total. The van der Waals surface area contributed by atoms with Crippen molar-refractivity contribution in [2.24, 2.45) is 5.92 Å². The Labute approximate surface area is 124 Å². The van der Waals surface area contributed by atoms with Gasteiger partial charge in [-0.1, -0.05) is 40.0 Å². The maximum Gasteiger partial charge on any atom is 0.217 e. The Morgan fingerprint density at radius 3 is 2.53 bits per heavy atom. The zero-order valence-corrected chi connectivity index (χ0v) is 13.7. The molecule has 1 aromatic heterocycles. The molecule has 0 radical (unpaired) electrons. The molecule has 19 heavy (non-hydrogen) atoms. The summed E-state index contributed by atoms with van der Waals surface area (Å²) in [5.41, 5.74) is -0.0628. The van der Waals surface area contributed by atoms with Gasteiger partial charge in [0.2, 0.25) is 5.88 Å². The Bertz CT molecular complexity index is 423. The van der Waals surface area contributed by atoms with E-state index in [9.17, 15) is 0 Å². The predicted octanol–water partition coefficient (Wildman–Crippen LogP) is 4.50. The van der Waals surface area contributed by atoms with Crippen LogP contribution in [-0.2, 0) is 5.41 Å². The fraction of sp³-hybridized carbons (Fsp3) is 0.733. The zero-order valence-electron chi connectivity index (χ0n) is 12.1. The molecule has 106 valence electrons. The van der Waals surface area contributed by atoms with Gasteiger partial charge in [-0.2, -0.15) is 4.98 Å². The highest BCUT2D eigenvalue weighted by Gasteiger charge is 2.20. The molecule has 0 bridgehead atoms. The van der Waals surface area contributed by atoms with Gasteiger partial charge in [-0.25, -0.2) is 4.98 Å². The Balaban J connectivity index is 2.01. The van der Waals surface area contributed by atoms with Crippen molar-refractivity contribution in [2.45, 2.75) is 58.3 Å². The molecule has 4 heteroatoms. The van der Waals surface area contributed by atoms with Crippen LogP contribution in [0.1, 0.15) is 58.7 Å². The molecular weight excluding hydrogens is 304 g/mol. The van der Waals surface area contributed by atoms with E-state index in [-0.39, 0.29) is 5.41 Å². The van der Waals surface area contributed by atoms with Crippen LogP contribution in [0.25, 0.3) is 0 Å². The second-order valence-corrected chi connectivity index (χ2v) is 7.23. The second-order valence-electron chi connectivity index (χ2n) is 6.42. The largest absolute Gasteiger partial charge is 0.477 e. The van der Waals surface area contributed by atoms with Crippen LogP contribution in [0.5, 0.6) is 5.88 Å². The van der Waals surface area contributed by atoms with Crippen LogP contribution in [0.2, 0.25) is 0 Å². The van der Waals surface area contributed by atoms with Gasteiger partial charge in [0, 0.05) is 11.5 Å². The summed E-state index contributed by atoms with van der Waals surface area (Å²) in [5.74, 6) is 2.21. The Kier molecular flexibility index (Phi) is 4.82. The minimum absolute atomic E-state index is 0.0628. The van der Waals surface area contributed by atoms with Gasteiger partial charge in [0.1, 0.15) is 10.4 Å². The average Bonchev–Trinajstić information content (AvgIpc) is 2.36. The summed E-state index contributed by atoms with van der Waals surface area (Å²) < 4.78 is 6.68. The van der Waals surface area contributed by atoms with Gasteiger partial charge in [-0.05, 0) is 34.7 Å². The molecule has 1 fully saturated rings. The first-order valence-corrected chi connectivity index (χ1v) is 7.92. The molecule has 0 aliphatic heterocycles. The van der Waals surface area contributed by atoms with Gasteiger partial charge in [0.05, 0.1) is 6.61 Å². The summed E-state index contributed by atoms with van der Waals surface area (Å²) in [6.45, 7) is 7.12. The Hall–Kier alpha value is -0.640. The van der Waals surface area contributed by atoms with Crippen LogP contribution in [0.15, 0.2) is 10.7 Å². The highest BCUT2D eigenvalue weighted by atomic mass is 79.9. The number of hydrogen-bond donors (Lipinski definition) is 0. The molecule has 1 saturated carbocycles. The lowest BCUT2D eigenvalue weighted by atomic mass is 9.90. The highest BCUT2D eigenvalue weighted by molar-refractivity contribution is 9.10. The van der Waals surface area contributed by atoms with E-state index < -0.39 is 0 Å². The smallest absolute Gasteiger partial charge is 0.217 e. The van der Waals surface area contributed by atoms with Gasteiger partial charge in [0.15, 0.2) is 0 Å². The molecule has 0 spiro atoms. The summed E-state index contributed by atoms with van der Waals surface area (Å²) in [4.78, 5) is 8.95. The normalized spacial score (nSPS) is 17.5. The van der Waals surface area contributed by atoms with Crippen LogP contribution in [0.4, 0.5) is 0 Å². The summed E-state index contributed by atoms with van der Waals surface area (Å²) in [5, 5.41) is 0. The molecule has 2 rings (SSSR count). The molecule has 0 aromatic carbocycles. The number of ether oxygens (including phenoxy) is 1. The number of nitrogens with zero attached hydrogens (tertiary/aromatic N) is 2. The lowest BCUT2D eigenvalue weighted by Gasteiger charge is -2.22. The van der Waals surface area contributed by atoms with E-state index in [1.54, 1.807) is 0 Å². The molecule has 1 aliphatic carbocycles. The third-order valence-corrected chi connectivity index (χ3v) is 3.94. The van der Waals surface area contributed by atoms with Crippen molar-refractivity contribution in [3.63, 3.8) is 0 Å². The molecule has 0 unspecified atom stereocenters. The number of rotatable bonds is 3. The quantitative estimate of drug-likeness (QED) is 0.767. The fourth-order valence-corrected chi connectivity index (χ4v) is 2.73. The molecule has 1 heterocycles. The van der Waals surface area contributed by atoms with Gasteiger partial charge in [0.25, 0.3) is 0 Å². The van der Waals surface area contributed by atoms with Crippen molar-refractivity contribution < 1.29 is 4.74 Å². The van der Waals surface area contributed by atoms with Crippen molar-refractivity contribution in [2.75, 3.05) is 6.61 Å². The lowest BCUT2D eigenvalue weighted by Crippen LogP contribution is -2.19. The minimum atomic E-state index is -0.0628. The summed E-state index contributed by atoms with van der Waals surface area (Å²) >= 11 is 3.44. The van der Waals surface area contributed by atoms with Crippen molar-refractivity contribution in [1.82, 2.24) is 9.97 Å². The van der Waals surface area contributed by atoms with E-state index in [2.05, 4.69) is 46.7 Å².